The number of carbonyl (C=O) groups is 1. The molecule has 0 aliphatic carbocycles. The lowest BCUT2D eigenvalue weighted by Crippen LogP contribution is -2.24. The van der Waals surface area contributed by atoms with E-state index in [1.165, 1.54) is 25.3 Å². The lowest BCUT2D eigenvalue weighted by molar-refractivity contribution is -0.392. The number of nitrogens with one attached hydrogen (secondary N) is 1. The van der Waals surface area contributed by atoms with Crippen molar-refractivity contribution in [3.63, 3.8) is 0 Å². The molecule has 13 heteroatoms. The van der Waals surface area contributed by atoms with Gasteiger partial charge in [-0.25, -0.2) is 15.0 Å². The quantitative estimate of drug-likeness (QED) is 0.270. The number of hydrogen-bond donors (Lipinski definition) is 2. The minimum absolute atomic E-state index is 0.106. The molecule has 148 valence electrons. The number of nitro groups is 2. The molecule has 0 spiro atoms. The standard InChI is InChI=1S/C15H16N6O6S/c1-10-16-8-15(21(26)27)19(10)9-14(23)18-17-7-11-2-3-13(28-5-4-22)12(6-11)20(24)25/h2-3,6-8,22H,4-5,9H2,1H3,(H,18,23)/b17-7-. The van der Waals surface area contributed by atoms with Crippen LogP contribution in [0.5, 0.6) is 0 Å². The molecule has 1 aromatic carbocycles. The van der Waals surface area contributed by atoms with Gasteiger partial charge in [-0.3, -0.25) is 14.9 Å². The minimum Gasteiger partial charge on any atom is -0.396 e. The zero-order valence-electron chi connectivity index (χ0n) is 14.6. The average Bonchev–Trinajstić information content (AvgIpc) is 3.01. The van der Waals surface area contributed by atoms with Gasteiger partial charge in [-0.05, 0) is 11.0 Å². The van der Waals surface area contributed by atoms with Gasteiger partial charge < -0.3 is 15.2 Å². The maximum atomic E-state index is 11.9. The van der Waals surface area contributed by atoms with Crippen molar-refractivity contribution in [1.29, 1.82) is 0 Å². The number of nitrogens with zero attached hydrogens (tertiary/aromatic N) is 5. The summed E-state index contributed by atoms with van der Waals surface area (Å²) in [5, 5.41) is 34.6. The number of benzene rings is 1. The Morgan fingerprint density at radius 1 is 1.39 bits per heavy atom. The summed E-state index contributed by atoms with van der Waals surface area (Å²) < 4.78 is 1.13. The van der Waals surface area contributed by atoms with E-state index in [1.807, 2.05) is 0 Å². The molecule has 1 heterocycles. The van der Waals surface area contributed by atoms with Gasteiger partial charge in [-0.1, -0.05) is 6.07 Å². The van der Waals surface area contributed by atoms with Crippen LogP contribution in [0.1, 0.15) is 11.4 Å². The monoisotopic (exact) mass is 408 g/mol. The molecule has 1 amide bonds. The SMILES string of the molecule is Cc1ncc([N+](=O)[O-])n1CC(=O)N/N=C\c1ccc(SCCO)c([N+](=O)[O-])c1. The van der Waals surface area contributed by atoms with Gasteiger partial charge >= 0.3 is 5.82 Å². The number of hydrogen-bond acceptors (Lipinski definition) is 9. The summed E-state index contributed by atoms with van der Waals surface area (Å²) in [4.78, 5) is 37.0. The van der Waals surface area contributed by atoms with Gasteiger partial charge in [-0.2, -0.15) is 5.10 Å². The molecule has 2 N–H and O–H groups in total. The van der Waals surface area contributed by atoms with Gasteiger partial charge in [0.25, 0.3) is 11.6 Å². The highest BCUT2D eigenvalue weighted by atomic mass is 32.2. The Labute approximate surface area is 162 Å². The normalized spacial score (nSPS) is 10.9. The third-order valence-corrected chi connectivity index (χ3v) is 4.50. The van der Waals surface area contributed by atoms with E-state index >= 15 is 0 Å². The molecule has 0 aliphatic rings. The Morgan fingerprint density at radius 2 is 2.14 bits per heavy atom. The van der Waals surface area contributed by atoms with Crippen LogP contribution in [0.25, 0.3) is 0 Å². The minimum atomic E-state index is -0.647. The van der Waals surface area contributed by atoms with Crippen molar-refractivity contribution in [1.82, 2.24) is 15.0 Å². The summed E-state index contributed by atoms with van der Waals surface area (Å²) >= 11 is 1.15. The van der Waals surface area contributed by atoms with E-state index in [9.17, 15) is 25.0 Å². The van der Waals surface area contributed by atoms with Crippen molar-refractivity contribution in [3.8, 4) is 0 Å². The van der Waals surface area contributed by atoms with Gasteiger partial charge in [0.15, 0.2) is 12.4 Å². The Kier molecular flexibility index (Phi) is 7.17. The van der Waals surface area contributed by atoms with E-state index in [-0.39, 0.29) is 24.7 Å². The van der Waals surface area contributed by atoms with Gasteiger partial charge in [-0.15, -0.1) is 11.8 Å². The van der Waals surface area contributed by atoms with Crippen molar-refractivity contribution >= 4 is 35.4 Å². The number of rotatable bonds is 9. The van der Waals surface area contributed by atoms with Crippen LogP contribution in [-0.4, -0.2) is 49.0 Å². The largest absolute Gasteiger partial charge is 0.396 e. The summed E-state index contributed by atoms with van der Waals surface area (Å²) in [6.07, 6.45) is 2.28. The number of aliphatic hydroxyl groups excluding tert-OH is 1. The Balaban J connectivity index is 2.05. The van der Waals surface area contributed by atoms with Crippen LogP contribution < -0.4 is 5.43 Å². The molecule has 1 aromatic heterocycles. The van der Waals surface area contributed by atoms with Crippen molar-refractivity contribution in [2.45, 2.75) is 18.4 Å². The average molecular weight is 408 g/mol. The van der Waals surface area contributed by atoms with Crippen LogP contribution in [0, 0.1) is 27.2 Å². The molecule has 0 unspecified atom stereocenters. The van der Waals surface area contributed by atoms with Crippen LogP contribution in [0.3, 0.4) is 0 Å². The van der Waals surface area contributed by atoms with Gasteiger partial charge in [0, 0.05) is 24.3 Å². The number of nitro benzene ring substituents is 1. The maximum Gasteiger partial charge on any atom is 0.343 e. The first-order valence-electron chi connectivity index (χ1n) is 7.84. The van der Waals surface area contributed by atoms with Crippen LogP contribution >= 0.6 is 11.8 Å². The van der Waals surface area contributed by atoms with Crippen molar-refractivity contribution in [2.24, 2.45) is 5.10 Å². The Morgan fingerprint density at radius 3 is 2.79 bits per heavy atom. The molecule has 0 atom stereocenters. The predicted molar refractivity (Wildman–Crippen MR) is 100 cm³/mol. The fourth-order valence-corrected chi connectivity index (χ4v) is 2.95. The molecular weight excluding hydrogens is 392 g/mol. The maximum absolute atomic E-state index is 11.9. The summed E-state index contributed by atoms with van der Waals surface area (Å²) in [6.45, 7) is 1.07. The molecule has 0 saturated heterocycles. The molecule has 28 heavy (non-hydrogen) atoms. The molecular formula is C15H16N6O6S. The summed E-state index contributed by atoms with van der Waals surface area (Å²) in [5.41, 5.74) is 2.45. The van der Waals surface area contributed by atoms with Crippen molar-refractivity contribution < 1.29 is 19.7 Å². The number of hydrazone groups is 1. The van der Waals surface area contributed by atoms with Crippen LogP contribution in [0.15, 0.2) is 34.4 Å². The van der Waals surface area contributed by atoms with Crippen molar-refractivity contribution in [2.75, 3.05) is 12.4 Å². The number of thioether (sulfide) groups is 1. The number of aliphatic hydroxyl groups is 1. The fraction of sp³-hybridized carbons (Fsp3) is 0.267. The summed E-state index contributed by atoms with van der Waals surface area (Å²) in [5.74, 6) is -0.310. The number of aryl methyl sites for hydroxylation is 1. The summed E-state index contributed by atoms with van der Waals surface area (Å²) in [6, 6.07) is 4.40. The smallest absolute Gasteiger partial charge is 0.343 e. The van der Waals surface area contributed by atoms with E-state index in [2.05, 4.69) is 15.5 Å². The van der Waals surface area contributed by atoms with Crippen molar-refractivity contribution in [3.05, 3.63) is 56.0 Å². The lowest BCUT2D eigenvalue weighted by Gasteiger charge is -2.03. The second kappa shape index (κ2) is 9.57. The van der Waals surface area contributed by atoms with Gasteiger partial charge in [0.1, 0.15) is 6.20 Å². The molecule has 0 saturated carbocycles. The first-order valence-corrected chi connectivity index (χ1v) is 8.82. The predicted octanol–water partition coefficient (Wildman–Crippen LogP) is 1.24. The molecule has 12 nitrogen and oxygen atoms in total. The number of amides is 1. The molecule has 0 aliphatic heterocycles. The lowest BCUT2D eigenvalue weighted by atomic mass is 10.2. The first-order chi connectivity index (χ1) is 13.3. The van der Waals surface area contributed by atoms with Crippen LogP contribution in [-0.2, 0) is 11.3 Å². The van der Waals surface area contributed by atoms with Gasteiger partial charge in [0.05, 0.1) is 22.6 Å². The van der Waals surface area contributed by atoms with Gasteiger partial charge in [0.2, 0.25) is 0 Å². The molecule has 0 bridgehead atoms. The molecule has 2 aromatic rings. The zero-order chi connectivity index (χ0) is 20.7. The highest BCUT2D eigenvalue weighted by Crippen LogP contribution is 2.29. The van der Waals surface area contributed by atoms with E-state index < -0.39 is 15.8 Å². The second-order valence-electron chi connectivity index (χ2n) is 5.36. The van der Waals surface area contributed by atoms with E-state index in [1.54, 1.807) is 6.07 Å². The number of imidazole rings is 1. The Hall–Kier alpha value is -3.32. The Bertz CT molecular complexity index is 928. The highest BCUT2D eigenvalue weighted by molar-refractivity contribution is 7.99. The van der Waals surface area contributed by atoms with E-state index in [4.69, 9.17) is 5.11 Å². The topological polar surface area (TPSA) is 166 Å². The fourth-order valence-electron chi connectivity index (χ4n) is 2.19. The highest BCUT2D eigenvalue weighted by Gasteiger charge is 2.20. The van der Waals surface area contributed by atoms with Crippen LogP contribution in [0.4, 0.5) is 11.5 Å². The molecule has 0 fully saturated rings. The third kappa shape index (κ3) is 5.34. The summed E-state index contributed by atoms with van der Waals surface area (Å²) in [7, 11) is 0. The number of aromatic nitrogens is 2. The van der Waals surface area contributed by atoms with E-state index in [0.29, 0.717) is 22.0 Å². The molecule has 2 rings (SSSR count). The third-order valence-electron chi connectivity index (χ3n) is 3.45. The number of carbonyl (C=O) groups excluding carboxylic acids is 1. The molecule has 0 radical (unpaired) electrons. The zero-order valence-corrected chi connectivity index (χ0v) is 15.5. The first kappa shape index (κ1) is 21.0. The second-order valence-corrected chi connectivity index (χ2v) is 6.49. The van der Waals surface area contributed by atoms with E-state index in [0.717, 1.165) is 22.5 Å². The van der Waals surface area contributed by atoms with Crippen LogP contribution in [0.2, 0.25) is 0 Å².